The predicted octanol–water partition coefficient (Wildman–Crippen LogP) is 2.49. The van der Waals surface area contributed by atoms with Gasteiger partial charge in [0, 0.05) is 5.56 Å². The van der Waals surface area contributed by atoms with E-state index in [0.29, 0.717) is 11.3 Å². The summed E-state index contributed by atoms with van der Waals surface area (Å²) in [5.41, 5.74) is 0.561. The molecule has 2 atom stereocenters. The second kappa shape index (κ2) is 6.39. The Hall–Kier alpha value is -1.07. The van der Waals surface area contributed by atoms with Gasteiger partial charge in [0.1, 0.15) is 5.75 Å². The Morgan fingerprint density at radius 1 is 1.42 bits per heavy atom. The normalized spacial score (nSPS) is 22.9. The lowest BCUT2D eigenvalue weighted by Gasteiger charge is -2.28. The Morgan fingerprint density at radius 3 is 2.79 bits per heavy atom. The number of nitrogens with one attached hydrogen (secondary N) is 1. The third-order valence-electron chi connectivity index (χ3n) is 3.46. The molecule has 1 aromatic rings. The van der Waals surface area contributed by atoms with Crippen LogP contribution in [0.2, 0.25) is 0 Å². The summed E-state index contributed by atoms with van der Waals surface area (Å²) >= 11 is 3.36. The van der Waals surface area contributed by atoms with Crippen molar-refractivity contribution in [3.8, 4) is 5.75 Å². The van der Waals surface area contributed by atoms with E-state index in [2.05, 4.69) is 21.2 Å². The Balaban J connectivity index is 2.05. The molecular formula is C14H18BrNO3. The summed E-state index contributed by atoms with van der Waals surface area (Å²) in [4.78, 5) is 12.1. The number of rotatable bonds is 3. The minimum absolute atomic E-state index is 0.137. The van der Waals surface area contributed by atoms with Crippen LogP contribution in [0.4, 0.5) is 0 Å². The summed E-state index contributed by atoms with van der Waals surface area (Å²) in [6, 6.07) is 5.05. The zero-order valence-corrected chi connectivity index (χ0v) is 12.4. The van der Waals surface area contributed by atoms with Gasteiger partial charge in [-0.25, -0.2) is 0 Å². The van der Waals surface area contributed by atoms with Crippen molar-refractivity contribution in [1.29, 1.82) is 0 Å². The van der Waals surface area contributed by atoms with Gasteiger partial charge in [0.05, 0.1) is 23.7 Å². The molecule has 0 saturated heterocycles. The van der Waals surface area contributed by atoms with Crippen molar-refractivity contribution in [1.82, 2.24) is 5.32 Å². The van der Waals surface area contributed by atoms with Crippen LogP contribution in [0.25, 0.3) is 0 Å². The average molecular weight is 328 g/mol. The molecule has 1 fully saturated rings. The molecule has 0 heterocycles. The fraction of sp³-hybridized carbons (Fsp3) is 0.500. The molecule has 1 aromatic carbocycles. The molecule has 1 saturated carbocycles. The summed E-state index contributed by atoms with van der Waals surface area (Å²) < 4.78 is 5.87. The van der Waals surface area contributed by atoms with E-state index in [9.17, 15) is 9.90 Å². The summed E-state index contributed by atoms with van der Waals surface area (Å²) in [5, 5.41) is 12.8. The maximum atomic E-state index is 12.1. The van der Waals surface area contributed by atoms with Gasteiger partial charge in [-0.2, -0.15) is 0 Å². The van der Waals surface area contributed by atoms with Gasteiger partial charge >= 0.3 is 0 Å². The van der Waals surface area contributed by atoms with Crippen molar-refractivity contribution in [2.45, 2.75) is 37.8 Å². The second-order valence-corrected chi connectivity index (χ2v) is 5.64. The summed E-state index contributed by atoms with van der Waals surface area (Å²) in [7, 11) is 1.58. The van der Waals surface area contributed by atoms with Crippen molar-refractivity contribution in [3.63, 3.8) is 0 Å². The molecule has 0 radical (unpaired) electrons. The largest absolute Gasteiger partial charge is 0.496 e. The van der Waals surface area contributed by atoms with Gasteiger partial charge in [0.2, 0.25) is 0 Å². The van der Waals surface area contributed by atoms with E-state index in [-0.39, 0.29) is 11.9 Å². The molecule has 0 aromatic heterocycles. The minimum atomic E-state index is -0.431. The molecule has 2 rings (SSSR count). The molecular weight excluding hydrogens is 310 g/mol. The van der Waals surface area contributed by atoms with E-state index in [1.165, 1.54) is 0 Å². The van der Waals surface area contributed by atoms with Crippen LogP contribution in [-0.4, -0.2) is 30.3 Å². The van der Waals surface area contributed by atoms with Crippen molar-refractivity contribution in [2.75, 3.05) is 7.11 Å². The number of amides is 1. The highest BCUT2D eigenvalue weighted by Crippen LogP contribution is 2.26. The van der Waals surface area contributed by atoms with Crippen LogP contribution in [0.15, 0.2) is 22.7 Å². The van der Waals surface area contributed by atoms with Crippen molar-refractivity contribution in [2.24, 2.45) is 0 Å². The van der Waals surface area contributed by atoms with Crippen LogP contribution in [0.3, 0.4) is 0 Å². The number of aliphatic hydroxyl groups excluding tert-OH is 1. The molecule has 0 aliphatic heterocycles. The summed E-state index contributed by atoms with van der Waals surface area (Å²) in [5.74, 6) is 0.531. The van der Waals surface area contributed by atoms with Crippen LogP contribution < -0.4 is 10.1 Å². The zero-order chi connectivity index (χ0) is 13.8. The van der Waals surface area contributed by atoms with E-state index in [1.54, 1.807) is 25.3 Å². The van der Waals surface area contributed by atoms with E-state index in [0.717, 1.165) is 30.2 Å². The lowest BCUT2D eigenvalue weighted by molar-refractivity contribution is 0.0717. The Kier molecular flexibility index (Phi) is 4.82. The first-order valence-corrected chi connectivity index (χ1v) is 7.23. The standard InChI is InChI=1S/C14H18BrNO3/c1-19-13-7-6-9(8-10(13)15)14(18)16-11-4-2-3-5-12(11)17/h6-8,11-12,17H,2-5H2,1H3,(H,16,18). The number of hydrogen-bond donors (Lipinski definition) is 2. The van der Waals surface area contributed by atoms with Gasteiger partial charge in [0.25, 0.3) is 5.91 Å². The van der Waals surface area contributed by atoms with Crippen LogP contribution in [0.5, 0.6) is 5.75 Å². The molecule has 5 heteroatoms. The second-order valence-electron chi connectivity index (χ2n) is 4.78. The van der Waals surface area contributed by atoms with Gasteiger partial charge in [-0.05, 0) is 47.0 Å². The molecule has 0 bridgehead atoms. The van der Waals surface area contributed by atoms with Crippen molar-refractivity contribution in [3.05, 3.63) is 28.2 Å². The maximum absolute atomic E-state index is 12.1. The number of benzene rings is 1. The van der Waals surface area contributed by atoms with Gasteiger partial charge in [0.15, 0.2) is 0 Å². The first-order chi connectivity index (χ1) is 9.11. The molecule has 0 spiro atoms. The highest BCUT2D eigenvalue weighted by atomic mass is 79.9. The first kappa shape index (κ1) is 14.3. The summed E-state index contributed by atoms with van der Waals surface area (Å²) in [6.07, 6.45) is 3.25. The molecule has 104 valence electrons. The lowest BCUT2D eigenvalue weighted by Crippen LogP contribution is -2.45. The van der Waals surface area contributed by atoms with Gasteiger partial charge < -0.3 is 15.2 Å². The number of methoxy groups -OCH3 is 1. The van der Waals surface area contributed by atoms with Crippen LogP contribution >= 0.6 is 15.9 Å². The Morgan fingerprint density at radius 2 is 2.16 bits per heavy atom. The number of hydrogen-bond acceptors (Lipinski definition) is 3. The Labute approximate surface area is 121 Å². The number of halogens is 1. The maximum Gasteiger partial charge on any atom is 0.251 e. The van der Waals surface area contributed by atoms with Crippen molar-refractivity contribution >= 4 is 21.8 Å². The number of carbonyl (C=O) groups is 1. The summed E-state index contributed by atoms with van der Waals surface area (Å²) in [6.45, 7) is 0. The average Bonchev–Trinajstić information content (AvgIpc) is 2.41. The monoisotopic (exact) mass is 327 g/mol. The highest BCUT2D eigenvalue weighted by molar-refractivity contribution is 9.10. The molecule has 2 unspecified atom stereocenters. The SMILES string of the molecule is COc1ccc(C(=O)NC2CCCCC2O)cc1Br. The number of carbonyl (C=O) groups excluding carboxylic acids is 1. The van der Waals surface area contributed by atoms with Gasteiger partial charge in [-0.15, -0.1) is 0 Å². The third-order valence-corrected chi connectivity index (χ3v) is 4.08. The topological polar surface area (TPSA) is 58.6 Å². The van der Waals surface area contributed by atoms with E-state index in [4.69, 9.17) is 4.74 Å². The van der Waals surface area contributed by atoms with E-state index < -0.39 is 6.10 Å². The molecule has 2 N–H and O–H groups in total. The third kappa shape index (κ3) is 3.48. The molecule has 19 heavy (non-hydrogen) atoms. The molecule has 1 amide bonds. The smallest absolute Gasteiger partial charge is 0.251 e. The number of ether oxygens (including phenoxy) is 1. The fourth-order valence-electron chi connectivity index (χ4n) is 2.34. The van der Waals surface area contributed by atoms with E-state index >= 15 is 0 Å². The van der Waals surface area contributed by atoms with Crippen LogP contribution in [-0.2, 0) is 0 Å². The van der Waals surface area contributed by atoms with E-state index in [1.807, 2.05) is 0 Å². The van der Waals surface area contributed by atoms with Gasteiger partial charge in [-0.3, -0.25) is 4.79 Å². The predicted molar refractivity (Wildman–Crippen MR) is 76.4 cm³/mol. The molecule has 1 aliphatic carbocycles. The van der Waals surface area contributed by atoms with Crippen LogP contribution in [0.1, 0.15) is 36.0 Å². The number of aliphatic hydroxyl groups is 1. The zero-order valence-electron chi connectivity index (χ0n) is 10.9. The van der Waals surface area contributed by atoms with Gasteiger partial charge in [-0.1, -0.05) is 12.8 Å². The Bertz CT molecular complexity index is 464. The highest BCUT2D eigenvalue weighted by Gasteiger charge is 2.24. The first-order valence-electron chi connectivity index (χ1n) is 6.44. The quantitative estimate of drug-likeness (QED) is 0.896. The molecule has 4 nitrogen and oxygen atoms in total. The molecule has 1 aliphatic rings. The minimum Gasteiger partial charge on any atom is -0.496 e. The lowest BCUT2D eigenvalue weighted by atomic mass is 9.92. The van der Waals surface area contributed by atoms with Crippen molar-refractivity contribution < 1.29 is 14.6 Å². The fourth-order valence-corrected chi connectivity index (χ4v) is 2.88. The van der Waals surface area contributed by atoms with Crippen LogP contribution in [0, 0.1) is 0 Å².